The van der Waals surface area contributed by atoms with Crippen molar-refractivity contribution in [2.45, 2.75) is 32.9 Å². The number of nitrogens with zero attached hydrogens (tertiary/aromatic N) is 1. The van der Waals surface area contributed by atoms with Gasteiger partial charge in [0.25, 0.3) is 0 Å². The van der Waals surface area contributed by atoms with Crippen molar-refractivity contribution in [3.63, 3.8) is 0 Å². The molecule has 2 heteroatoms. The van der Waals surface area contributed by atoms with Gasteiger partial charge in [0, 0.05) is 25.2 Å². The van der Waals surface area contributed by atoms with Crippen molar-refractivity contribution in [3.05, 3.63) is 35.9 Å². The van der Waals surface area contributed by atoms with E-state index in [4.69, 9.17) is 0 Å². The molecule has 0 radical (unpaired) electrons. The second kappa shape index (κ2) is 5.19. The van der Waals surface area contributed by atoms with Gasteiger partial charge in [-0.05, 0) is 31.9 Å². The molecule has 2 nitrogen and oxygen atoms in total. The van der Waals surface area contributed by atoms with E-state index in [1.165, 1.54) is 12.1 Å². The fourth-order valence-electron chi connectivity index (χ4n) is 2.60. The van der Waals surface area contributed by atoms with E-state index in [-0.39, 0.29) is 5.54 Å². The van der Waals surface area contributed by atoms with Crippen LogP contribution in [0.2, 0.25) is 0 Å². The number of hydrogen-bond donors (Lipinski definition) is 1. The quantitative estimate of drug-likeness (QED) is 0.843. The maximum Gasteiger partial charge on any atom is 0.0252 e. The lowest BCUT2D eigenvalue weighted by molar-refractivity contribution is 0.213. The van der Waals surface area contributed by atoms with Crippen LogP contribution in [-0.4, -0.2) is 30.1 Å². The minimum absolute atomic E-state index is 0.222. The number of rotatable bonds is 2. The van der Waals surface area contributed by atoms with Gasteiger partial charge >= 0.3 is 0 Å². The Hall–Kier alpha value is -0.860. The molecule has 0 bridgehead atoms. The van der Waals surface area contributed by atoms with Crippen LogP contribution in [0, 0.1) is 5.92 Å². The molecule has 1 fully saturated rings. The summed E-state index contributed by atoms with van der Waals surface area (Å²) in [7, 11) is 0. The van der Waals surface area contributed by atoms with E-state index >= 15 is 0 Å². The highest BCUT2D eigenvalue weighted by molar-refractivity contribution is 5.14. The van der Waals surface area contributed by atoms with Crippen LogP contribution >= 0.6 is 0 Å². The molecule has 1 aromatic rings. The molecule has 0 amide bonds. The average molecular weight is 232 g/mol. The van der Waals surface area contributed by atoms with Gasteiger partial charge in [-0.2, -0.15) is 0 Å². The monoisotopic (exact) mass is 232 g/mol. The molecule has 1 unspecified atom stereocenters. The van der Waals surface area contributed by atoms with Crippen LogP contribution in [0.1, 0.15) is 26.3 Å². The topological polar surface area (TPSA) is 15.3 Å². The number of nitrogens with one attached hydrogen (secondary N) is 1. The normalized spacial score (nSPS) is 25.5. The van der Waals surface area contributed by atoms with Crippen LogP contribution in [-0.2, 0) is 6.54 Å². The molecule has 1 atom stereocenters. The van der Waals surface area contributed by atoms with E-state index in [0.29, 0.717) is 0 Å². The summed E-state index contributed by atoms with van der Waals surface area (Å²) in [5.41, 5.74) is 1.64. The van der Waals surface area contributed by atoms with Crippen molar-refractivity contribution in [2.75, 3.05) is 19.6 Å². The summed E-state index contributed by atoms with van der Waals surface area (Å²) in [5, 5.41) is 3.64. The fraction of sp³-hybridized carbons (Fsp3) is 0.600. The lowest BCUT2D eigenvalue weighted by atomic mass is 10.1. The Bertz CT molecular complexity index is 345. The number of hydrogen-bond acceptors (Lipinski definition) is 2. The third-order valence-electron chi connectivity index (χ3n) is 3.37. The van der Waals surface area contributed by atoms with Gasteiger partial charge in [0.2, 0.25) is 0 Å². The first-order valence-corrected chi connectivity index (χ1v) is 6.56. The van der Waals surface area contributed by atoms with Crippen LogP contribution in [0.5, 0.6) is 0 Å². The predicted octanol–water partition coefficient (Wildman–Crippen LogP) is 2.51. The Morgan fingerprint density at radius 3 is 2.71 bits per heavy atom. The summed E-state index contributed by atoms with van der Waals surface area (Å²) >= 11 is 0. The zero-order chi connectivity index (χ0) is 12.3. The van der Waals surface area contributed by atoms with E-state index in [1.54, 1.807) is 0 Å². The van der Waals surface area contributed by atoms with E-state index in [0.717, 1.165) is 25.6 Å². The van der Waals surface area contributed by atoms with Gasteiger partial charge in [-0.25, -0.2) is 0 Å². The molecule has 94 valence electrons. The highest BCUT2D eigenvalue weighted by Gasteiger charge is 2.26. The van der Waals surface area contributed by atoms with Crippen molar-refractivity contribution >= 4 is 0 Å². The maximum absolute atomic E-state index is 3.64. The molecule has 1 aliphatic heterocycles. The lowest BCUT2D eigenvalue weighted by Crippen LogP contribution is -2.46. The first kappa shape index (κ1) is 12.6. The van der Waals surface area contributed by atoms with Gasteiger partial charge < -0.3 is 5.32 Å². The number of benzene rings is 1. The summed E-state index contributed by atoms with van der Waals surface area (Å²) in [5.74, 6) is 0.723. The highest BCUT2D eigenvalue weighted by atomic mass is 15.2. The Morgan fingerprint density at radius 2 is 2.00 bits per heavy atom. The molecular formula is C15H24N2. The molecule has 0 aromatic heterocycles. The second-order valence-corrected chi connectivity index (χ2v) is 6.03. The van der Waals surface area contributed by atoms with Crippen molar-refractivity contribution < 1.29 is 0 Å². The van der Waals surface area contributed by atoms with Gasteiger partial charge in [0.05, 0.1) is 0 Å². The van der Waals surface area contributed by atoms with Crippen LogP contribution in [0.3, 0.4) is 0 Å². The first-order valence-electron chi connectivity index (χ1n) is 6.56. The Labute approximate surface area is 105 Å². The summed E-state index contributed by atoms with van der Waals surface area (Å²) in [6.45, 7) is 11.4. The van der Waals surface area contributed by atoms with E-state index in [9.17, 15) is 0 Å². The second-order valence-electron chi connectivity index (χ2n) is 6.03. The standard InChI is InChI=1S/C15H24N2/c1-13-9-16-15(2,3)12-17(10-13)11-14-7-5-4-6-8-14/h4-8,13,16H,9-12H2,1-3H3. The molecule has 1 saturated heterocycles. The predicted molar refractivity (Wildman–Crippen MR) is 73.0 cm³/mol. The van der Waals surface area contributed by atoms with E-state index < -0.39 is 0 Å². The van der Waals surface area contributed by atoms with E-state index in [1.807, 2.05) is 0 Å². The summed E-state index contributed by atoms with van der Waals surface area (Å²) < 4.78 is 0. The molecule has 1 heterocycles. The van der Waals surface area contributed by atoms with Gasteiger partial charge in [-0.3, -0.25) is 4.90 Å². The minimum Gasteiger partial charge on any atom is -0.310 e. The fourth-order valence-corrected chi connectivity index (χ4v) is 2.60. The molecule has 1 N–H and O–H groups in total. The van der Waals surface area contributed by atoms with Crippen molar-refractivity contribution in [1.29, 1.82) is 0 Å². The SMILES string of the molecule is CC1CNC(C)(C)CN(Cc2ccccc2)C1. The van der Waals surface area contributed by atoms with Gasteiger partial charge in [0.15, 0.2) is 0 Å². The summed E-state index contributed by atoms with van der Waals surface area (Å²) in [6.07, 6.45) is 0. The van der Waals surface area contributed by atoms with Gasteiger partial charge in [-0.15, -0.1) is 0 Å². The van der Waals surface area contributed by atoms with Crippen LogP contribution in [0.15, 0.2) is 30.3 Å². The zero-order valence-electron chi connectivity index (χ0n) is 11.2. The van der Waals surface area contributed by atoms with Crippen molar-refractivity contribution in [3.8, 4) is 0 Å². The molecule has 0 saturated carbocycles. The smallest absolute Gasteiger partial charge is 0.0252 e. The van der Waals surface area contributed by atoms with Gasteiger partial charge in [0.1, 0.15) is 0 Å². The molecule has 2 rings (SSSR count). The molecule has 0 spiro atoms. The lowest BCUT2D eigenvalue weighted by Gasteiger charge is -2.30. The summed E-state index contributed by atoms with van der Waals surface area (Å²) in [6, 6.07) is 10.8. The van der Waals surface area contributed by atoms with Crippen LogP contribution in [0.4, 0.5) is 0 Å². The first-order chi connectivity index (χ1) is 8.05. The van der Waals surface area contributed by atoms with Gasteiger partial charge in [-0.1, -0.05) is 37.3 Å². The average Bonchev–Trinajstić information content (AvgIpc) is 2.39. The maximum atomic E-state index is 3.64. The molecule has 1 aliphatic rings. The Morgan fingerprint density at radius 1 is 1.29 bits per heavy atom. The molecule has 0 aliphatic carbocycles. The third-order valence-corrected chi connectivity index (χ3v) is 3.37. The van der Waals surface area contributed by atoms with Crippen molar-refractivity contribution in [2.24, 2.45) is 5.92 Å². The van der Waals surface area contributed by atoms with E-state index in [2.05, 4.69) is 61.3 Å². The van der Waals surface area contributed by atoms with Crippen LogP contribution < -0.4 is 5.32 Å². The Balaban J connectivity index is 2.03. The van der Waals surface area contributed by atoms with Crippen molar-refractivity contribution in [1.82, 2.24) is 10.2 Å². The molecule has 17 heavy (non-hydrogen) atoms. The minimum atomic E-state index is 0.222. The molecule has 1 aromatic carbocycles. The zero-order valence-corrected chi connectivity index (χ0v) is 11.2. The Kier molecular flexibility index (Phi) is 3.85. The summed E-state index contributed by atoms with van der Waals surface area (Å²) in [4.78, 5) is 2.57. The van der Waals surface area contributed by atoms with Crippen LogP contribution in [0.25, 0.3) is 0 Å². The molecular weight excluding hydrogens is 208 g/mol. The largest absolute Gasteiger partial charge is 0.310 e. The highest BCUT2D eigenvalue weighted by Crippen LogP contribution is 2.16. The third kappa shape index (κ3) is 3.83.